The highest BCUT2D eigenvalue weighted by atomic mass is 16.5. The lowest BCUT2D eigenvalue weighted by Gasteiger charge is -2.23. The summed E-state index contributed by atoms with van der Waals surface area (Å²) in [6, 6.07) is 11.0. The fourth-order valence-corrected chi connectivity index (χ4v) is 3.56. The van der Waals surface area contributed by atoms with Crippen molar-refractivity contribution < 1.29 is 14.3 Å². The first-order valence-corrected chi connectivity index (χ1v) is 9.08. The molecule has 27 heavy (non-hydrogen) atoms. The topological polar surface area (TPSA) is 71.5 Å². The van der Waals surface area contributed by atoms with Gasteiger partial charge in [0.15, 0.2) is 0 Å². The van der Waals surface area contributed by atoms with Crippen LogP contribution in [0.25, 0.3) is 0 Å². The molecule has 1 aromatic heterocycles. The molecule has 1 amide bonds. The van der Waals surface area contributed by atoms with Crippen LogP contribution in [-0.4, -0.2) is 47.5 Å². The number of rotatable bonds is 5. The molecule has 0 unspecified atom stereocenters. The minimum Gasteiger partial charge on any atom is -0.468 e. The van der Waals surface area contributed by atoms with Gasteiger partial charge in [-0.05, 0) is 43.5 Å². The zero-order valence-corrected chi connectivity index (χ0v) is 15.9. The molecule has 2 atom stereocenters. The highest BCUT2D eigenvalue weighted by Gasteiger charge is 2.38. The van der Waals surface area contributed by atoms with Gasteiger partial charge < -0.3 is 10.1 Å². The third-order valence-electron chi connectivity index (χ3n) is 4.98. The van der Waals surface area contributed by atoms with Gasteiger partial charge >= 0.3 is 5.97 Å². The monoisotopic (exact) mass is 367 g/mol. The standard InChI is InChI=1S/C21H25N3O3/c1-14-7-8-16(15(2)10-14)12-24-13-17(11-19(24)21(26)27-3)23-20(25)18-6-4-5-9-22-18/h4-10,17,19H,11-13H2,1-3H3,(H,23,25)/t17-,19-/m0/s1. The number of pyridine rings is 1. The van der Waals surface area contributed by atoms with E-state index in [-0.39, 0.29) is 24.0 Å². The minimum absolute atomic E-state index is 0.130. The van der Waals surface area contributed by atoms with Crippen molar-refractivity contribution in [2.24, 2.45) is 0 Å². The molecule has 1 aliphatic rings. The number of carbonyl (C=O) groups is 2. The molecule has 1 saturated heterocycles. The Kier molecular flexibility index (Phi) is 5.86. The summed E-state index contributed by atoms with van der Waals surface area (Å²) in [6.45, 7) is 5.37. The lowest BCUT2D eigenvalue weighted by molar-refractivity contribution is -0.146. The fourth-order valence-electron chi connectivity index (χ4n) is 3.56. The van der Waals surface area contributed by atoms with Gasteiger partial charge in [0.05, 0.1) is 7.11 Å². The van der Waals surface area contributed by atoms with Crippen molar-refractivity contribution >= 4 is 11.9 Å². The molecule has 0 spiro atoms. The van der Waals surface area contributed by atoms with E-state index in [4.69, 9.17) is 4.74 Å². The predicted octanol–water partition coefficient (Wildman–Crippen LogP) is 2.24. The first kappa shape index (κ1) is 19.0. The van der Waals surface area contributed by atoms with Crippen molar-refractivity contribution in [3.63, 3.8) is 0 Å². The number of carbonyl (C=O) groups excluding carboxylic acids is 2. The molecule has 2 aromatic rings. The Balaban J connectivity index is 1.72. The highest BCUT2D eigenvalue weighted by Crippen LogP contribution is 2.23. The molecule has 6 nitrogen and oxygen atoms in total. The van der Waals surface area contributed by atoms with Crippen LogP contribution in [0.4, 0.5) is 0 Å². The van der Waals surface area contributed by atoms with E-state index >= 15 is 0 Å². The normalized spacial score (nSPS) is 19.7. The maximum absolute atomic E-state index is 12.4. The van der Waals surface area contributed by atoms with Crippen LogP contribution in [0.5, 0.6) is 0 Å². The maximum atomic E-state index is 12.4. The summed E-state index contributed by atoms with van der Waals surface area (Å²) in [5.74, 6) is -0.494. The van der Waals surface area contributed by atoms with Gasteiger partial charge in [0.25, 0.3) is 5.91 Å². The van der Waals surface area contributed by atoms with Crippen molar-refractivity contribution in [2.45, 2.75) is 38.9 Å². The molecule has 6 heteroatoms. The number of nitrogens with one attached hydrogen (secondary N) is 1. The van der Waals surface area contributed by atoms with E-state index in [2.05, 4.69) is 47.2 Å². The van der Waals surface area contributed by atoms with E-state index < -0.39 is 0 Å². The average molecular weight is 367 g/mol. The van der Waals surface area contributed by atoms with E-state index in [1.807, 2.05) is 0 Å². The number of ether oxygens (including phenoxy) is 1. The van der Waals surface area contributed by atoms with Crippen LogP contribution in [0.15, 0.2) is 42.6 Å². The number of benzene rings is 1. The summed E-state index contributed by atoms with van der Waals surface area (Å²) in [7, 11) is 1.40. The summed E-state index contributed by atoms with van der Waals surface area (Å²) < 4.78 is 4.98. The Hall–Kier alpha value is -2.73. The van der Waals surface area contributed by atoms with Crippen molar-refractivity contribution in [3.8, 4) is 0 Å². The molecule has 3 rings (SSSR count). The number of likely N-dealkylation sites (tertiary alicyclic amines) is 1. The first-order valence-electron chi connectivity index (χ1n) is 9.08. The van der Waals surface area contributed by atoms with E-state index in [1.165, 1.54) is 23.8 Å². The minimum atomic E-state index is -0.371. The maximum Gasteiger partial charge on any atom is 0.323 e. The van der Waals surface area contributed by atoms with Crippen LogP contribution >= 0.6 is 0 Å². The number of esters is 1. The third kappa shape index (κ3) is 4.52. The van der Waals surface area contributed by atoms with Gasteiger partial charge in [-0.15, -0.1) is 0 Å². The molecule has 0 bridgehead atoms. The third-order valence-corrected chi connectivity index (χ3v) is 4.98. The molecule has 1 fully saturated rings. The predicted molar refractivity (Wildman–Crippen MR) is 102 cm³/mol. The molecule has 0 aliphatic carbocycles. The van der Waals surface area contributed by atoms with Crippen molar-refractivity contribution in [1.29, 1.82) is 0 Å². The van der Waals surface area contributed by atoms with Crippen molar-refractivity contribution in [1.82, 2.24) is 15.2 Å². The second kappa shape index (κ2) is 8.31. The molecule has 1 aliphatic heterocycles. The second-order valence-electron chi connectivity index (χ2n) is 7.02. The molecular formula is C21H25N3O3. The number of aromatic nitrogens is 1. The van der Waals surface area contributed by atoms with Gasteiger partial charge in [-0.1, -0.05) is 29.8 Å². The van der Waals surface area contributed by atoms with Crippen LogP contribution in [0.1, 0.15) is 33.6 Å². The number of aryl methyl sites for hydroxylation is 2. The zero-order valence-electron chi connectivity index (χ0n) is 15.9. The average Bonchev–Trinajstić information content (AvgIpc) is 3.06. The Bertz CT molecular complexity index is 823. The van der Waals surface area contributed by atoms with Crippen LogP contribution in [-0.2, 0) is 16.1 Å². The van der Waals surface area contributed by atoms with Crippen LogP contribution < -0.4 is 5.32 Å². The first-order chi connectivity index (χ1) is 13.0. The lowest BCUT2D eigenvalue weighted by atomic mass is 10.1. The summed E-state index contributed by atoms with van der Waals surface area (Å²) in [5.41, 5.74) is 3.95. The van der Waals surface area contributed by atoms with Crippen molar-refractivity contribution in [3.05, 3.63) is 65.0 Å². The summed E-state index contributed by atoms with van der Waals surface area (Å²) in [4.78, 5) is 30.8. The molecule has 0 radical (unpaired) electrons. The quantitative estimate of drug-likeness (QED) is 0.821. The Morgan fingerprint density at radius 1 is 1.26 bits per heavy atom. The van der Waals surface area contributed by atoms with E-state index in [9.17, 15) is 9.59 Å². The van der Waals surface area contributed by atoms with Crippen molar-refractivity contribution in [2.75, 3.05) is 13.7 Å². The van der Waals surface area contributed by atoms with Crippen LogP contribution in [0.3, 0.4) is 0 Å². The smallest absolute Gasteiger partial charge is 0.323 e. The number of hydrogen-bond donors (Lipinski definition) is 1. The molecule has 1 N–H and O–H groups in total. The summed E-state index contributed by atoms with van der Waals surface area (Å²) in [5, 5.41) is 2.99. The Labute approximate surface area is 159 Å². The Morgan fingerprint density at radius 2 is 2.07 bits per heavy atom. The van der Waals surface area contributed by atoms with E-state index in [0.29, 0.717) is 25.2 Å². The summed E-state index contributed by atoms with van der Waals surface area (Å²) >= 11 is 0. The molecular weight excluding hydrogens is 342 g/mol. The molecule has 142 valence electrons. The van der Waals surface area contributed by atoms with Gasteiger partial charge in [0.1, 0.15) is 11.7 Å². The summed E-state index contributed by atoms with van der Waals surface area (Å²) in [6.07, 6.45) is 2.11. The van der Waals surface area contributed by atoms with Crippen LogP contribution in [0, 0.1) is 13.8 Å². The van der Waals surface area contributed by atoms with Gasteiger partial charge in [0, 0.05) is 25.3 Å². The van der Waals surface area contributed by atoms with Crippen LogP contribution in [0.2, 0.25) is 0 Å². The molecule has 1 aromatic carbocycles. The molecule has 0 saturated carbocycles. The number of hydrogen-bond acceptors (Lipinski definition) is 5. The lowest BCUT2D eigenvalue weighted by Crippen LogP contribution is -2.38. The number of nitrogens with zero attached hydrogens (tertiary/aromatic N) is 2. The van der Waals surface area contributed by atoms with Gasteiger partial charge in [0.2, 0.25) is 0 Å². The number of methoxy groups -OCH3 is 1. The number of amides is 1. The van der Waals surface area contributed by atoms with E-state index in [0.717, 1.165) is 0 Å². The zero-order chi connectivity index (χ0) is 19.4. The highest BCUT2D eigenvalue weighted by molar-refractivity contribution is 5.92. The second-order valence-corrected chi connectivity index (χ2v) is 7.02. The Morgan fingerprint density at radius 3 is 2.74 bits per heavy atom. The fraction of sp³-hybridized carbons (Fsp3) is 0.381. The van der Waals surface area contributed by atoms with Gasteiger partial charge in [-0.25, -0.2) is 0 Å². The van der Waals surface area contributed by atoms with Gasteiger partial charge in [-0.3, -0.25) is 19.5 Å². The van der Waals surface area contributed by atoms with Gasteiger partial charge in [-0.2, -0.15) is 0 Å². The largest absolute Gasteiger partial charge is 0.468 e. The van der Waals surface area contributed by atoms with E-state index in [1.54, 1.807) is 24.4 Å². The molecule has 2 heterocycles. The SMILES string of the molecule is COC(=O)[C@@H]1C[C@H](NC(=O)c2ccccn2)CN1Cc1ccc(C)cc1C.